The van der Waals surface area contributed by atoms with Gasteiger partial charge in [0.25, 0.3) is 0 Å². The maximum Gasteiger partial charge on any atom is 0.226 e. The van der Waals surface area contributed by atoms with Gasteiger partial charge in [-0.3, -0.25) is 4.79 Å². The van der Waals surface area contributed by atoms with Gasteiger partial charge in [0, 0.05) is 19.6 Å². The molecule has 1 fully saturated rings. The van der Waals surface area contributed by atoms with Crippen molar-refractivity contribution < 1.29 is 4.79 Å². The predicted molar refractivity (Wildman–Crippen MR) is 62.8 cm³/mol. The highest BCUT2D eigenvalue weighted by atomic mass is 16.2. The standard InChI is InChI=1S/C12H24N2O/c1-4-11(10-13(3)5-2)12(15)14-8-6-7-9-14/h11H,4-10H2,1-3H3. The van der Waals surface area contributed by atoms with Crippen molar-refractivity contribution >= 4 is 5.91 Å². The molecule has 0 aromatic heterocycles. The Labute approximate surface area is 93.4 Å². The molecule has 1 aliphatic rings. The normalized spacial score (nSPS) is 18.5. The van der Waals surface area contributed by atoms with Crippen LogP contribution in [0.5, 0.6) is 0 Å². The summed E-state index contributed by atoms with van der Waals surface area (Å²) in [6.07, 6.45) is 3.33. The smallest absolute Gasteiger partial charge is 0.226 e. The molecule has 0 spiro atoms. The first-order valence-electron chi connectivity index (χ1n) is 6.16. The Morgan fingerprint density at radius 3 is 2.40 bits per heavy atom. The lowest BCUT2D eigenvalue weighted by atomic mass is 10.0. The van der Waals surface area contributed by atoms with Gasteiger partial charge in [0.1, 0.15) is 0 Å². The van der Waals surface area contributed by atoms with Crippen LogP contribution in [0.15, 0.2) is 0 Å². The van der Waals surface area contributed by atoms with Gasteiger partial charge in [0.2, 0.25) is 5.91 Å². The van der Waals surface area contributed by atoms with Crippen molar-refractivity contribution in [2.24, 2.45) is 5.92 Å². The number of amides is 1. The fourth-order valence-corrected chi connectivity index (χ4v) is 2.08. The summed E-state index contributed by atoms with van der Waals surface area (Å²) in [5, 5.41) is 0. The Morgan fingerprint density at radius 1 is 1.33 bits per heavy atom. The first-order valence-corrected chi connectivity index (χ1v) is 6.16. The number of rotatable bonds is 5. The maximum atomic E-state index is 12.1. The second kappa shape index (κ2) is 6.11. The lowest BCUT2D eigenvalue weighted by Crippen LogP contribution is -2.39. The lowest BCUT2D eigenvalue weighted by Gasteiger charge is -2.25. The summed E-state index contributed by atoms with van der Waals surface area (Å²) in [6.45, 7) is 8.12. The van der Waals surface area contributed by atoms with Gasteiger partial charge in [-0.1, -0.05) is 13.8 Å². The number of nitrogens with zero attached hydrogens (tertiary/aromatic N) is 2. The van der Waals surface area contributed by atoms with Crippen molar-refractivity contribution in [3.05, 3.63) is 0 Å². The fraction of sp³-hybridized carbons (Fsp3) is 0.917. The fourth-order valence-electron chi connectivity index (χ4n) is 2.08. The molecule has 3 nitrogen and oxygen atoms in total. The monoisotopic (exact) mass is 212 g/mol. The van der Waals surface area contributed by atoms with Crippen LogP contribution in [0.3, 0.4) is 0 Å². The molecule has 0 saturated carbocycles. The molecule has 0 aliphatic carbocycles. The van der Waals surface area contributed by atoms with E-state index in [0.29, 0.717) is 5.91 Å². The molecule has 15 heavy (non-hydrogen) atoms. The Kier molecular flexibility index (Phi) is 5.09. The number of hydrogen-bond donors (Lipinski definition) is 0. The van der Waals surface area contributed by atoms with Gasteiger partial charge < -0.3 is 9.80 Å². The highest BCUT2D eigenvalue weighted by Crippen LogP contribution is 2.15. The first kappa shape index (κ1) is 12.5. The third kappa shape index (κ3) is 3.49. The molecule has 0 N–H and O–H groups in total. The van der Waals surface area contributed by atoms with Crippen molar-refractivity contribution in [3.8, 4) is 0 Å². The molecule has 3 heteroatoms. The minimum Gasteiger partial charge on any atom is -0.342 e. The molecular weight excluding hydrogens is 188 g/mol. The molecule has 1 aliphatic heterocycles. The highest BCUT2D eigenvalue weighted by Gasteiger charge is 2.25. The Morgan fingerprint density at radius 2 is 1.93 bits per heavy atom. The summed E-state index contributed by atoms with van der Waals surface area (Å²) >= 11 is 0. The third-order valence-corrected chi connectivity index (χ3v) is 3.33. The summed E-state index contributed by atoms with van der Waals surface area (Å²) in [4.78, 5) is 16.4. The molecule has 1 saturated heterocycles. The van der Waals surface area contributed by atoms with Gasteiger partial charge in [0.05, 0.1) is 5.92 Å². The zero-order chi connectivity index (χ0) is 11.3. The zero-order valence-corrected chi connectivity index (χ0v) is 10.3. The summed E-state index contributed by atoms with van der Waals surface area (Å²) in [5.74, 6) is 0.573. The van der Waals surface area contributed by atoms with Crippen LogP contribution in [0.25, 0.3) is 0 Å². The van der Waals surface area contributed by atoms with E-state index in [2.05, 4.69) is 25.8 Å². The van der Waals surface area contributed by atoms with E-state index in [9.17, 15) is 4.79 Å². The molecule has 0 aromatic carbocycles. The summed E-state index contributed by atoms with van der Waals surface area (Å²) in [6, 6.07) is 0. The molecule has 1 atom stereocenters. The molecule has 88 valence electrons. The van der Waals surface area contributed by atoms with Crippen LogP contribution in [0.2, 0.25) is 0 Å². The van der Waals surface area contributed by atoms with Crippen LogP contribution in [-0.4, -0.2) is 48.9 Å². The van der Waals surface area contributed by atoms with Crippen molar-refractivity contribution in [1.29, 1.82) is 0 Å². The minimum atomic E-state index is 0.202. The summed E-state index contributed by atoms with van der Waals surface area (Å²) in [7, 11) is 2.08. The van der Waals surface area contributed by atoms with Gasteiger partial charge in [0.15, 0.2) is 0 Å². The molecule has 1 rings (SSSR count). The second-order valence-electron chi connectivity index (χ2n) is 4.49. The highest BCUT2D eigenvalue weighted by molar-refractivity contribution is 5.79. The number of carbonyl (C=O) groups is 1. The van der Waals surface area contributed by atoms with E-state index in [1.165, 1.54) is 12.8 Å². The van der Waals surface area contributed by atoms with Gasteiger partial charge in [-0.25, -0.2) is 0 Å². The average Bonchev–Trinajstić information content (AvgIpc) is 2.77. The van der Waals surface area contributed by atoms with E-state index in [4.69, 9.17) is 0 Å². The van der Waals surface area contributed by atoms with Crippen LogP contribution in [0.1, 0.15) is 33.1 Å². The molecule has 1 amide bonds. The van der Waals surface area contributed by atoms with Crippen LogP contribution in [-0.2, 0) is 4.79 Å². The minimum absolute atomic E-state index is 0.202. The van der Waals surface area contributed by atoms with Gasteiger partial charge >= 0.3 is 0 Å². The Hall–Kier alpha value is -0.570. The Bertz CT molecular complexity index is 200. The molecule has 0 radical (unpaired) electrons. The quantitative estimate of drug-likeness (QED) is 0.691. The van der Waals surface area contributed by atoms with Gasteiger partial charge in [-0.15, -0.1) is 0 Å². The van der Waals surface area contributed by atoms with Gasteiger partial charge in [-0.2, -0.15) is 0 Å². The molecule has 1 heterocycles. The van der Waals surface area contributed by atoms with Crippen molar-refractivity contribution in [2.45, 2.75) is 33.1 Å². The van der Waals surface area contributed by atoms with Gasteiger partial charge in [-0.05, 0) is 32.9 Å². The van der Waals surface area contributed by atoms with Crippen molar-refractivity contribution in [2.75, 3.05) is 33.2 Å². The molecular formula is C12H24N2O. The van der Waals surface area contributed by atoms with E-state index in [-0.39, 0.29) is 5.92 Å². The first-order chi connectivity index (χ1) is 7.19. The van der Waals surface area contributed by atoms with E-state index in [1.807, 2.05) is 4.90 Å². The number of hydrogen-bond acceptors (Lipinski definition) is 2. The number of likely N-dealkylation sites (tertiary alicyclic amines) is 1. The largest absolute Gasteiger partial charge is 0.342 e. The van der Waals surface area contributed by atoms with Crippen molar-refractivity contribution in [3.63, 3.8) is 0 Å². The van der Waals surface area contributed by atoms with Crippen LogP contribution in [0.4, 0.5) is 0 Å². The topological polar surface area (TPSA) is 23.6 Å². The lowest BCUT2D eigenvalue weighted by molar-refractivity contribution is -0.135. The molecule has 1 unspecified atom stereocenters. The average molecular weight is 212 g/mol. The molecule has 0 bridgehead atoms. The summed E-state index contributed by atoms with van der Waals surface area (Å²) < 4.78 is 0. The van der Waals surface area contributed by atoms with E-state index in [0.717, 1.165) is 32.6 Å². The maximum absolute atomic E-state index is 12.1. The van der Waals surface area contributed by atoms with Crippen LogP contribution >= 0.6 is 0 Å². The Balaban J connectivity index is 2.45. The number of carbonyl (C=O) groups excluding carboxylic acids is 1. The predicted octanol–water partition coefficient (Wildman–Crippen LogP) is 1.59. The third-order valence-electron chi connectivity index (χ3n) is 3.33. The van der Waals surface area contributed by atoms with Crippen LogP contribution < -0.4 is 0 Å². The van der Waals surface area contributed by atoms with E-state index >= 15 is 0 Å². The van der Waals surface area contributed by atoms with E-state index < -0.39 is 0 Å². The van der Waals surface area contributed by atoms with Crippen molar-refractivity contribution in [1.82, 2.24) is 9.80 Å². The van der Waals surface area contributed by atoms with Crippen LogP contribution in [0, 0.1) is 5.92 Å². The summed E-state index contributed by atoms with van der Waals surface area (Å²) in [5.41, 5.74) is 0. The second-order valence-corrected chi connectivity index (χ2v) is 4.49. The molecule has 0 aromatic rings. The van der Waals surface area contributed by atoms with E-state index in [1.54, 1.807) is 0 Å². The zero-order valence-electron chi connectivity index (χ0n) is 10.3. The SMILES string of the molecule is CCC(CN(C)CC)C(=O)N1CCCC1.